The van der Waals surface area contributed by atoms with Gasteiger partial charge in [0.25, 0.3) is 5.91 Å². The second kappa shape index (κ2) is 5.65. The fourth-order valence-corrected chi connectivity index (χ4v) is 2.23. The fourth-order valence-electron chi connectivity index (χ4n) is 2.23. The van der Waals surface area contributed by atoms with Crippen molar-refractivity contribution < 1.29 is 13.6 Å². The maximum atomic E-state index is 14.1. The standard InChI is InChI=1S/C14H18F2N2O/c1-10(8-11-2-4-12(15)5-3-11)18-13(19)14(16)6-7-17-9-14/h2-5,10,17H,6-9H2,1H3,(H,18,19)/t10-,14+/m0/s1. The predicted octanol–water partition coefficient (Wildman–Crippen LogP) is 1.57. The number of benzene rings is 1. The van der Waals surface area contributed by atoms with Crippen LogP contribution in [0.1, 0.15) is 18.9 Å². The number of hydrogen-bond donors (Lipinski definition) is 2. The molecule has 1 aliphatic heterocycles. The van der Waals surface area contributed by atoms with Crippen LogP contribution in [0.2, 0.25) is 0 Å². The van der Waals surface area contributed by atoms with Gasteiger partial charge in [0.05, 0.1) is 0 Å². The first-order valence-corrected chi connectivity index (χ1v) is 6.45. The highest BCUT2D eigenvalue weighted by molar-refractivity contribution is 5.86. The van der Waals surface area contributed by atoms with E-state index in [9.17, 15) is 13.6 Å². The molecule has 1 amide bonds. The number of hydrogen-bond acceptors (Lipinski definition) is 2. The van der Waals surface area contributed by atoms with Gasteiger partial charge in [0.15, 0.2) is 0 Å². The zero-order valence-electron chi connectivity index (χ0n) is 10.9. The summed E-state index contributed by atoms with van der Waals surface area (Å²) in [6.45, 7) is 2.41. The van der Waals surface area contributed by atoms with E-state index in [0.29, 0.717) is 13.0 Å². The molecule has 2 rings (SSSR count). The van der Waals surface area contributed by atoms with Gasteiger partial charge in [-0.1, -0.05) is 12.1 Å². The number of nitrogens with one attached hydrogen (secondary N) is 2. The summed E-state index contributed by atoms with van der Waals surface area (Å²) >= 11 is 0. The lowest BCUT2D eigenvalue weighted by Crippen LogP contribution is -2.48. The van der Waals surface area contributed by atoms with Crippen LogP contribution in [0.15, 0.2) is 24.3 Å². The summed E-state index contributed by atoms with van der Waals surface area (Å²) in [5.74, 6) is -0.854. The molecule has 1 aromatic rings. The molecule has 1 fully saturated rings. The normalized spacial score (nSPS) is 24.2. The van der Waals surface area contributed by atoms with Crippen molar-refractivity contribution in [3.8, 4) is 0 Å². The van der Waals surface area contributed by atoms with Crippen molar-refractivity contribution in [3.05, 3.63) is 35.6 Å². The van der Waals surface area contributed by atoms with Crippen LogP contribution in [0, 0.1) is 5.82 Å². The molecule has 1 aliphatic rings. The van der Waals surface area contributed by atoms with Gasteiger partial charge in [0.1, 0.15) is 5.82 Å². The van der Waals surface area contributed by atoms with E-state index in [1.165, 1.54) is 12.1 Å². The van der Waals surface area contributed by atoms with Crippen LogP contribution in [0.5, 0.6) is 0 Å². The summed E-state index contributed by atoms with van der Waals surface area (Å²) < 4.78 is 26.9. The Kier molecular flexibility index (Phi) is 4.14. The van der Waals surface area contributed by atoms with Crippen LogP contribution in [0.4, 0.5) is 8.78 Å². The number of carbonyl (C=O) groups is 1. The summed E-state index contributed by atoms with van der Waals surface area (Å²) in [7, 11) is 0. The van der Waals surface area contributed by atoms with Crippen molar-refractivity contribution in [1.29, 1.82) is 0 Å². The Bertz CT molecular complexity index is 441. The lowest BCUT2D eigenvalue weighted by molar-refractivity contribution is -0.132. The van der Waals surface area contributed by atoms with Gasteiger partial charge < -0.3 is 10.6 Å². The van der Waals surface area contributed by atoms with Crippen LogP contribution in [-0.2, 0) is 11.2 Å². The third kappa shape index (κ3) is 3.50. The van der Waals surface area contributed by atoms with E-state index in [2.05, 4.69) is 10.6 Å². The van der Waals surface area contributed by atoms with Crippen LogP contribution in [-0.4, -0.2) is 30.7 Å². The number of alkyl halides is 1. The molecule has 0 spiro atoms. The van der Waals surface area contributed by atoms with E-state index in [4.69, 9.17) is 0 Å². The maximum Gasteiger partial charge on any atom is 0.259 e. The minimum absolute atomic E-state index is 0.0715. The van der Waals surface area contributed by atoms with E-state index in [1.54, 1.807) is 12.1 Å². The third-order valence-electron chi connectivity index (χ3n) is 3.34. The minimum atomic E-state index is -1.79. The molecule has 5 heteroatoms. The highest BCUT2D eigenvalue weighted by atomic mass is 19.1. The summed E-state index contributed by atoms with van der Waals surface area (Å²) in [4.78, 5) is 11.8. The van der Waals surface area contributed by atoms with E-state index < -0.39 is 11.6 Å². The average molecular weight is 268 g/mol. The highest BCUT2D eigenvalue weighted by Gasteiger charge is 2.41. The van der Waals surface area contributed by atoms with Crippen molar-refractivity contribution in [2.45, 2.75) is 31.5 Å². The number of halogens is 2. The van der Waals surface area contributed by atoms with Crippen LogP contribution >= 0.6 is 0 Å². The quantitative estimate of drug-likeness (QED) is 0.870. The Morgan fingerprint density at radius 3 is 2.74 bits per heavy atom. The molecule has 3 nitrogen and oxygen atoms in total. The molecule has 2 atom stereocenters. The summed E-state index contributed by atoms with van der Waals surface area (Å²) in [6, 6.07) is 5.90. The second-order valence-corrected chi connectivity index (χ2v) is 5.10. The van der Waals surface area contributed by atoms with Crippen LogP contribution in [0.3, 0.4) is 0 Å². The number of rotatable bonds is 4. The molecule has 1 aromatic carbocycles. The molecule has 0 unspecified atom stereocenters. The van der Waals surface area contributed by atoms with Crippen molar-refractivity contribution >= 4 is 5.91 Å². The van der Waals surface area contributed by atoms with Gasteiger partial charge in [0, 0.05) is 19.0 Å². The molecule has 104 valence electrons. The largest absolute Gasteiger partial charge is 0.350 e. The van der Waals surface area contributed by atoms with Crippen molar-refractivity contribution in [2.24, 2.45) is 0 Å². The van der Waals surface area contributed by atoms with Crippen molar-refractivity contribution in [3.63, 3.8) is 0 Å². The molecule has 2 N–H and O–H groups in total. The highest BCUT2D eigenvalue weighted by Crippen LogP contribution is 2.20. The zero-order chi connectivity index (χ0) is 13.9. The molecule has 0 aliphatic carbocycles. The lowest BCUT2D eigenvalue weighted by Gasteiger charge is -2.21. The van der Waals surface area contributed by atoms with E-state index in [-0.39, 0.29) is 24.8 Å². The van der Waals surface area contributed by atoms with Crippen molar-refractivity contribution in [1.82, 2.24) is 10.6 Å². The number of carbonyl (C=O) groups excluding carboxylic acids is 1. The van der Waals surface area contributed by atoms with E-state index in [0.717, 1.165) is 5.56 Å². The molecular formula is C14H18F2N2O. The predicted molar refractivity (Wildman–Crippen MR) is 69.0 cm³/mol. The monoisotopic (exact) mass is 268 g/mol. The minimum Gasteiger partial charge on any atom is -0.350 e. The number of amides is 1. The maximum absolute atomic E-state index is 14.1. The van der Waals surface area contributed by atoms with Gasteiger partial charge in [-0.15, -0.1) is 0 Å². The summed E-state index contributed by atoms with van der Waals surface area (Å²) in [5, 5.41) is 5.52. The average Bonchev–Trinajstić information content (AvgIpc) is 2.80. The molecule has 1 heterocycles. The van der Waals surface area contributed by atoms with Gasteiger partial charge >= 0.3 is 0 Å². The summed E-state index contributed by atoms with van der Waals surface area (Å²) in [5.41, 5.74) is -0.886. The first-order chi connectivity index (χ1) is 8.99. The zero-order valence-corrected chi connectivity index (χ0v) is 10.9. The van der Waals surface area contributed by atoms with Crippen LogP contribution < -0.4 is 10.6 Å². The molecular weight excluding hydrogens is 250 g/mol. The molecule has 1 saturated heterocycles. The molecule has 0 aromatic heterocycles. The van der Waals surface area contributed by atoms with Crippen LogP contribution in [0.25, 0.3) is 0 Å². The molecule has 0 saturated carbocycles. The van der Waals surface area contributed by atoms with Gasteiger partial charge in [-0.25, -0.2) is 8.78 Å². The first kappa shape index (κ1) is 13.9. The Balaban J connectivity index is 1.88. The van der Waals surface area contributed by atoms with Gasteiger partial charge in [-0.05, 0) is 37.6 Å². The Hall–Kier alpha value is -1.49. The molecule has 0 bridgehead atoms. The van der Waals surface area contributed by atoms with Gasteiger partial charge in [-0.2, -0.15) is 0 Å². The fraction of sp³-hybridized carbons (Fsp3) is 0.500. The molecule has 19 heavy (non-hydrogen) atoms. The molecule has 0 radical (unpaired) electrons. The third-order valence-corrected chi connectivity index (χ3v) is 3.34. The Morgan fingerprint density at radius 1 is 1.47 bits per heavy atom. The smallest absolute Gasteiger partial charge is 0.259 e. The SMILES string of the molecule is C[C@@H](Cc1ccc(F)cc1)NC(=O)[C@@]1(F)CCNC1. The van der Waals surface area contributed by atoms with Gasteiger partial charge in [-0.3, -0.25) is 4.79 Å². The topological polar surface area (TPSA) is 41.1 Å². The van der Waals surface area contributed by atoms with E-state index in [1.807, 2.05) is 6.92 Å². The first-order valence-electron chi connectivity index (χ1n) is 6.45. The Labute approximate surface area is 111 Å². The second-order valence-electron chi connectivity index (χ2n) is 5.10. The van der Waals surface area contributed by atoms with Gasteiger partial charge in [0.2, 0.25) is 5.67 Å². The lowest BCUT2D eigenvalue weighted by atomic mass is 10.0. The van der Waals surface area contributed by atoms with Crippen molar-refractivity contribution in [2.75, 3.05) is 13.1 Å². The van der Waals surface area contributed by atoms with E-state index >= 15 is 0 Å². The Morgan fingerprint density at radius 2 is 2.16 bits per heavy atom. The summed E-state index contributed by atoms with van der Waals surface area (Å²) in [6.07, 6.45) is 0.762.